The number of phenols is 2. The van der Waals surface area contributed by atoms with Crippen molar-refractivity contribution in [1.82, 2.24) is 0 Å². The molecule has 0 unspecified atom stereocenters. The first-order valence-corrected chi connectivity index (χ1v) is 8.00. The van der Waals surface area contributed by atoms with Gasteiger partial charge in [-0.25, -0.2) is 9.59 Å². The van der Waals surface area contributed by atoms with E-state index in [0.717, 1.165) is 0 Å². The standard InChI is InChI=1S/C14H10O6S2/c15-11-5-7(1-3-9(11)13(17)18)21-22-8-2-4-10(14(19)20)12(16)6-8/h1-6,15-16H,(H,17,18)(H,19,20). The van der Waals surface area contributed by atoms with Crippen LogP contribution >= 0.6 is 21.6 Å². The van der Waals surface area contributed by atoms with Gasteiger partial charge in [-0.2, -0.15) is 0 Å². The average molecular weight is 338 g/mol. The van der Waals surface area contributed by atoms with Gasteiger partial charge >= 0.3 is 11.9 Å². The predicted octanol–water partition coefficient (Wildman–Crippen LogP) is 3.29. The van der Waals surface area contributed by atoms with Crippen LogP contribution in [0.4, 0.5) is 0 Å². The second-order valence-corrected chi connectivity index (χ2v) is 6.41. The number of aromatic carboxylic acids is 2. The zero-order chi connectivity index (χ0) is 16.3. The number of benzene rings is 2. The van der Waals surface area contributed by atoms with E-state index in [1.165, 1.54) is 45.9 Å². The van der Waals surface area contributed by atoms with Crippen LogP contribution in [0, 0.1) is 0 Å². The molecule has 6 nitrogen and oxygen atoms in total. The lowest BCUT2D eigenvalue weighted by Gasteiger charge is -2.05. The van der Waals surface area contributed by atoms with Crippen LogP contribution in [-0.2, 0) is 0 Å². The van der Waals surface area contributed by atoms with Gasteiger partial charge in [0.15, 0.2) is 0 Å². The minimum atomic E-state index is -1.21. The third-order valence-corrected chi connectivity index (χ3v) is 5.01. The zero-order valence-corrected chi connectivity index (χ0v) is 12.5. The normalized spacial score (nSPS) is 10.4. The van der Waals surface area contributed by atoms with E-state index in [4.69, 9.17) is 10.2 Å². The highest BCUT2D eigenvalue weighted by atomic mass is 33.1. The average Bonchev–Trinajstić information content (AvgIpc) is 2.44. The molecule has 0 bridgehead atoms. The smallest absolute Gasteiger partial charge is 0.339 e. The number of hydrogen-bond donors (Lipinski definition) is 4. The monoisotopic (exact) mass is 338 g/mol. The predicted molar refractivity (Wildman–Crippen MR) is 81.8 cm³/mol. The third kappa shape index (κ3) is 3.66. The van der Waals surface area contributed by atoms with Gasteiger partial charge in [-0.05, 0) is 36.4 Å². The van der Waals surface area contributed by atoms with E-state index in [-0.39, 0.29) is 22.6 Å². The molecular formula is C14H10O6S2. The Labute approximate surface area is 132 Å². The van der Waals surface area contributed by atoms with E-state index in [9.17, 15) is 19.8 Å². The zero-order valence-electron chi connectivity index (χ0n) is 10.9. The van der Waals surface area contributed by atoms with E-state index < -0.39 is 11.9 Å². The van der Waals surface area contributed by atoms with Crippen LogP contribution in [-0.4, -0.2) is 32.4 Å². The summed E-state index contributed by atoms with van der Waals surface area (Å²) in [5.41, 5.74) is -0.365. The Morgan fingerprint density at radius 3 is 1.36 bits per heavy atom. The third-order valence-electron chi connectivity index (χ3n) is 2.63. The quantitative estimate of drug-likeness (QED) is 0.614. The molecule has 2 aromatic carbocycles. The van der Waals surface area contributed by atoms with Gasteiger partial charge in [0, 0.05) is 9.79 Å². The van der Waals surface area contributed by atoms with Crippen molar-refractivity contribution in [3.8, 4) is 11.5 Å². The summed E-state index contributed by atoms with van der Waals surface area (Å²) in [7, 11) is 2.47. The van der Waals surface area contributed by atoms with Crippen LogP contribution < -0.4 is 0 Å². The Balaban J connectivity index is 2.10. The number of carbonyl (C=O) groups is 2. The molecule has 2 aromatic rings. The van der Waals surface area contributed by atoms with Gasteiger partial charge in [-0.15, -0.1) is 0 Å². The molecule has 2 rings (SSSR count). The molecule has 0 amide bonds. The van der Waals surface area contributed by atoms with Crippen molar-refractivity contribution in [3.05, 3.63) is 47.5 Å². The molecule has 0 aliphatic rings. The van der Waals surface area contributed by atoms with Crippen LogP contribution in [0.15, 0.2) is 46.2 Å². The largest absolute Gasteiger partial charge is 0.507 e. The van der Waals surface area contributed by atoms with Crippen LogP contribution in [0.5, 0.6) is 11.5 Å². The van der Waals surface area contributed by atoms with Gasteiger partial charge in [0.2, 0.25) is 0 Å². The van der Waals surface area contributed by atoms with Crippen molar-refractivity contribution < 1.29 is 30.0 Å². The number of carboxylic acids is 2. The van der Waals surface area contributed by atoms with E-state index in [1.54, 1.807) is 12.1 Å². The molecule has 0 aromatic heterocycles. The molecule has 8 heteroatoms. The van der Waals surface area contributed by atoms with E-state index in [0.29, 0.717) is 9.79 Å². The van der Waals surface area contributed by atoms with Gasteiger partial charge in [-0.1, -0.05) is 21.6 Å². The van der Waals surface area contributed by atoms with Gasteiger partial charge < -0.3 is 20.4 Å². The molecule has 0 aliphatic heterocycles. The molecule has 0 aliphatic carbocycles. The summed E-state index contributed by atoms with van der Waals surface area (Å²) in [6, 6.07) is 8.34. The number of aromatic hydroxyl groups is 2. The summed E-state index contributed by atoms with van der Waals surface area (Å²) in [4.78, 5) is 22.8. The summed E-state index contributed by atoms with van der Waals surface area (Å²) < 4.78 is 0. The molecule has 0 spiro atoms. The van der Waals surface area contributed by atoms with Crippen molar-refractivity contribution in [2.45, 2.75) is 9.79 Å². The van der Waals surface area contributed by atoms with Crippen molar-refractivity contribution in [2.75, 3.05) is 0 Å². The number of carboxylic acid groups (broad SMARTS) is 2. The second-order valence-electron chi connectivity index (χ2n) is 4.13. The Morgan fingerprint density at radius 2 is 1.09 bits per heavy atom. The summed E-state index contributed by atoms with van der Waals surface area (Å²) in [6.45, 7) is 0. The molecule has 0 radical (unpaired) electrons. The second kappa shape index (κ2) is 6.63. The number of hydrogen-bond acceptors (Lipinski definition) is 6. The Bertz CT molecular complexity index is 681. The fraction of sp³-hybridized carbons (Fsp3) is 0. The first kappa shape index (κ1) is 16.1. The summed E-state index contributed by atoms with van der Waals surface area (Å²) >= 11 is 0. The fourth-order valence-electron chi connectivity index (χ4n) is 1.58. The van der Waals surface area contributed by atoms with Gasteiger partial charge in [0.05, 0.1) is 0 Å². The highest BCUT2D eigenvalue weighted by Gasteiger charge is 2.12. The first-order chi connectivity index (χ1) is 10.4. The van der Waals surface area contributed by atoms with Gasteiger partial charge in [0.25, 0.3) is 0 Å². The Hall–Kier alpha value is -2.32. The molecule has 114 valence electrons. The van der Waals surface area contributed by atoms with Crippen molar-refractivity contribution >= 4 is 33.5 Å². The molecule has 0 fully saturated rings. The van der Waals surface area contributed by atoms with Crippen molar-refractivity contribution in [2.24, 2.45) is 0 Å². The summed E-state index contributed by atoms with van der Waals surface area (Å²) in [5, 5.41) is 36.8. The van der Waals surface area contributed by atoms with Crippen molar-refractivity contribution in [3.63, 3.8) is 0 Å². The highest BCUT2D eigenvalue weighted by Crippen LogP contribution is 2.40. The lowest BCUT2D eigenvalue weighted by Crippen LogP contribution is -1.96. The maximum absolute atomic E-state index is 10.8. The minimum absolute atomic E-state index is 0.183. The summed E-state index contributed by atoms with van der Waals surface area (Å²) in [6.07, 6.45) is 0. The fourth-order valence-corrected chi connectivity index (χ4v) is 3.54. The molecule has 4 N–H and O–H groups in total. The molecule has 0 heterocycles. The lowest BCUT2D eigenvalue weighted by atomic mass is 10.2. The minimum Gasteiger partial charge on any atom is -0.507 e. The molecule has 0 saturated carbocycles. The lowest BCUT2D eigenvalue weighted by molar-refractivity contribution is 0.0682. The van der Waals surface area contributed by atoms with Crippen molar-refractivity contribution in [1.29, 1.82) is 0 Å². The van der Waals surface area contributed by atoms with E-state index >= 15 is 0 Å². The summed E-state index contributed by atoms with van der Waals surface area (Å²) in [5.74, 6) is -3.09. The first-order valence-electron chi connectivity index (χ1n) is 5.85. The van der Waals surface area contributed by atoms with Crippen LogP contribution in [0.3, 0.4) is 0 Å². The molecule has 22 heavy (non-hydrogen) atoms. The maximum Gasteiger partial charge on any atom is 0.339 e. The van der Waals surface area contributed by atoms with E-state index in [2.05, 4.69) is 0 Å². The molecule has 0 atom stereocenters. The van der Waals surface area contributed by atoms with Gasteiger partial charge in [0.1, 0.15) is 22.6 Å². The molecule has 0 saturated heterocycles. The Morgan fingerprint density at radius 1 is 0.727 bits per heavy atom. The SMILES string of the molecule is O=C(O)c1ccc(SSc2ccc(C(=O)O)c(O)c2)cc1O. The van der Waals surface area contributed by atoms with Crippen LogP contribution in [0.1, 0.15) is 20.7 Å². The van der Waals surface area contributed by atoms with Gasteiger partial charge in [-0.3, -0.25) is 0 Å². The van der Waals surface area contributed by atoms with Crippen LogP contribution in [0.2, 0.25) is 0 Å². The number of rotatable bonds is 5. The maximum atomic E-state index is 10.8. The Kier molecular flexibility index (Phi) is 4.84. The highest BCUT2D eigenvalue weighted by molar-refractivity contribution is 8.76. The molecular weight excluding hydrogens is 328 g/mol. The van der Waals surface area contributed by atoms with Crippen LogP contribution in [0.25, 0.3) is 0 Å². The van der Waals surface area contributed by atoms with E-state index in [1.807, 2.05) is 0 Å². The topological polar surface area (TPSA) is 115 Å².